The lowest BCUT2D eigenvalue weighted by Gasteiger charge is -2.38. The molecule has 0 aliphatic carbocycles. The highest BCUT2D eigenvalue weighted by atomic mass is 16.5. The first-order valence-electron chi connectivity index (χ1n) is 9.86. The van der Waals surface area contributed by atoms with Gasteiger partial charge in [0.1, 0.15) is 5.56 Å². The molecule has 0 saturated carbocycles. The number of aromatic nitrogens is 1. The van der Waals surface area contributed by atoms with Crippen LogP contribution in [0.2, 0.25) is 0 Å². The smallest absolute Gasteiger partial charge is 0.261 e. The van der Waals surface area contributed by atoms with Gasteiger partial charge in [0.05, 0.1) is 13.2 Å². The van der Waals surface area contributed by atoms with Crippen LogP contribution < -0.4 is 10.9 Å². The lowest BCUT2D eigenvalue weighted by molar-refractivity contribution is 0.00191. The average Bonchev–Trinajstić information content (AvgIpc) is 2.71. The van der Waals surface area contributed by atoms with E-state index in [2.05, 4.69) is 29.0 Å². The van der Waals surface area contributed by atoms with Gasteiger partial charge in [-0.25, -0.2) is 0 Å². The first-order valence-corrected chi connectivity index (χ1v) is 9.86. The van der Waals surface area contributed by atoms with Crippen LogP contribution in [0.25, 0.3) is 10.9 Å². The Morgan fingerprint density at radius 1 is 1.22 bits per heavy atom. The first kappa shape index (κ1) is 19.6. The van der Waals surface area contributed by atoms with Crippen LogP contribution in [0.4, 0.5) is 0 Å². The molecule has 3 rings (SSSR count). The fraction of sp³-hybridized carbons (Fsp3) is 0.524. The number of carbonyl (C=O) groups is 1. The molecule has 0 radical (unpaired) electrons. The van der Waals surface area contributed by atoms with Crippen molar-refractivity contribution < 1.29 is 9.53 Å². The molecule has 2 N–H and O–H groups in total. The molecule has 1 fully saturated rings. The highest BCUT2D eigenvalue weighted by Gasteiger charge is 2.27. The van der Waals surface area contributed by atoms with Gasteiger partial charge in [0, 0.05) is 31.2 Å². The fourth-order valence-corrected chi connectivity index (χ4v) is 3.94. The lowest BCUT2D eigenvalue weighted by Crippen LogP contribution is -2.52. The SMILES string of the molecule is CCC(CC)C(CNC(=O)c1cc2ccccc2[nH]c1=O)N1CCOCC1. The topological polar surface area (TPSA) is 74.4 Å². The van der Waals surface area contributed by atoms with E-state index in [1.165, 1.54) is 0 Å². The van der Waals surface area contributed by atoms with Crippen LogP contribution in [0.15, 0.2) is 35.1 Å². The molecule has 0 bridgehead atoms. The number of rotatable bonds is 7. The summed E-state index contributed by atoms with van der Waals surface area (Å²) in [5.74, 6) is 0.185. The zero-order valence-corrected chi connectivity index (χ0v) is 16.2. The number of carbonyl (C=O) groups excluding carboxylic acids is 1. The van der Waals surface area contributed by atoms with E-state index < -0.39 is 0 Å². The number of nitrogens with zero attached hydrogens (tertiary/aromatic N) is 1. The second-order valence-electron chi connectivity index (χ2n) is 7.10. The van der Waals surface area contributed by atoms with Crippen molar-refractivity contribution in [3.8, 4) is 0 Å². The number of benzene rings is 1. The molecule has 6 heteroatoms. The number of amides is 1. The third-order valence-corrected chi connectivity index (χ3v) is 5.58. The molecule has 1 aliphatic heterocycles. The second-order valence-corrected chi connectivity index (χ2v) is 7.10. The number of nitrogens with one attached hydrogen (secondary N) is 2. The molecule has 146 valence electrons. The largest absolute Gasteiger partial charge is 0.379 e. The minimum absolute atomic E-state index is 0.166. The maximum atomic E-state index is 12.7. The molecular formula is C21H29N3O3. The molecule has 1 atom stereocenters. The van der Waals surface area contributed by atoms with Crippen LogP contribution in [-0.4, -0.2) is 54.7 Å². The quantitative estimate of drug-likeness (QED) is 0.784. The van der Waals surface area contributed by atoms with Gasteiger partial charge in [0.2, 0.25) is 0 Å². The van der Waals surface area contributed by atoms with Gasteiger partial charge in [0.25, 0.3) is 11.5 Å². The number of fused-ring (bicyclic) bond motifs is 1. The van der Waals surface area contributed by atoms with E-state index in [-0.39, 0.29) is 23.1 Å². The molecule has 27 heavy (non-hydrogen) atoms. The molecular weight excluding hydrogens is 342 g/mol. The summed E-state index contributed by atoms with van der Waals surface area (Å²) in [5, 5.41) is 3.86. The molecule has 0 spiro atoms. The Kier molecular flexibility index (Phi) is 6.63. The molecule has 1 aliphatic rings. The normalized spacial score (nSPS) is 16.6. The summed E-state index contributed by atoms with van der Waals surface area (Å²) in [6.07, 6.45) is 2.12. The summed E-state index contributed by atoms with van der Waals surface area (Å²) in [5.41, 5.74) is 0.554. The minimum atomic E-state index is -0.350. The number of pyridine rings is 1. The van der Waals surface area contributed by atoms with Crippen LogP contribution in [0.1, 0.15) is 37.0 Å². The van der Waals surface area contributed by atoms with Gasteiger partial charge in [-0.2, -0.15) is 0 Å². The van der Waals surface area contributed by atoms with E-state index in [4.69, 9.17) is 4.74 Å². The van der Waals surface area contributed by atoms with E-state index in [1.54, 1.807) is 6.07 Å². The number of para-hydroxylation sites is 1. The third-order valence-electron chi connectivity index (χ3n) is 5.58. The van der Waals surface area contributed by atoms with Crippen molar-refractivity contribution in [3.05, 3.63) is 46.2 Å². The highest BCUT2D eigenvalue weighted by Crippen LogP contribution is 2.20. The summed E-state index contributed by atoms with van der Waals surface area (Å²) in [7, 11) is 0. The Morgan fingerprint density at radius 3 is 2.63 bits per heavy atom. The van der Waals surface area contributed by atoms with Crippen LogP contribution in [0, 0.1) is 5.92 Å². The Hall–Kier alpha value is -2.18. The van der Waals surface area contributed by atoms with Crippen molar-refractivity contribution in [1.82, 2.24) is 15.2 Å². The number of aromatic amines is 1. The van der Waals surface area contributed by atoms with Crippen molar-refractivity contribution in [2.75, 3.05) is 32.8 Å². The van der Waals surface area contributed by atoms with Gasteiger partial charge >= 0.3 is 0 Å². The maximum absolute atomic E-state index is 12.7. The fourth-order valence-electron chi connectivity index (χ4n) is 3.94. The van der Waals surface area contributed by atoms with E-state index in [0.29, 0.717) is 12.5 Å². The zero-order valence-electron chi connectivity index (χ0n) is 16.2. The summed E-state index contributed by atoms with van der Waals surface area (Å²) in [4.78, 5) is 30.2. The summed E-state index contributed by atoms with van der Waals surface area (Å²) < 4.78 is 5.47. The molecule has 2 aromatic rings. The van der Waals surface area contributed by atoms with Crippen LogP contribution in [-0.2, 0) is 4.74 Å². The summed E-state index contributed by atoms with van der Waals surface area (Å²) in [6.45, 7) is 8.15. The van der Waals surface area contributed by atoms with Gasteiger partial charge in [-0.3, -0.25) is 14.5 Å². The molecule has 1 unspecified atom stereocenters. The summed E-state index contributed by atoms with van der Waals surface area (Å²) >= 11 is 0. The number of morpholine rings is 1. The maximum Gasteiger partial charge on any atom is 0.261 e. The standard InChI is InChI=1S/C21H29N3O3/c1-3-15(4-2)19(24-9-11-27-12-10-24)14-22-20(25)17-13-16-7-5-6-8-18(16)23-21(17)26/h5-8,13,15,19H,3-4,9-12,14H2,1-2H3,(H,22,25)(H,23,26). The molecule has 1 aromatic heterocycles. The predicted octanol–water partition coefficient (Wildman–Crippen LogP) is 2.39. The van der Waals surface area contributed by atoms with Crippen molar-refractivity contribution >= 4 is 16.8 Å². The molecule has 1 aromatic carbocycles. The van der Waals surface area contributed by atoms with E-state index in [1.807, 2.05) is 24.3 Å². The molecule has 1 amide bonds. The Morgan fingerprint density at radius 2 is 1.93 bits per heavy atom. The number of ether oxygens (including phenoxy) is 1. The van der Waals surface area contributed by atoms with Crippen LogP contribution >= 0.6 is 0 Å². The monoisotopic (exact) mass is 371 g/mol. The Balaban J connectivity index is 1.75. The van der Waals surface area contributed by atoms with E-state index >= 15 is 0 Å². The van der Waals surface area contributed by atoms with Crippen molar-refractivity contribution in [3.63, 3.8) is 0 Å². The van der Waals surface area contributed by atoms with Gasteiger partial charge < -0.3 is 15.0 Å². The van der Waals surface area contributed by atoms with Crippen LogP contribution in [0.3, 0.4) is 0 Å². The first-order chi connectivity index (χ1) is 13.1. The average molecular weight is 371 g/mol. The van der Waals surface area contributed by atoms with Crippen molar-refractivity contribution in [2.45, 2.75) is 32.7 Å². The number of hydrogen-bond acceptors (Lipinski definition) is 4. The molecule has 1 saturated heterocycles. The second kappa shape index (κ2) is 9.15. The van der Waals surface area contributed by atoms with Gasteiger partial charge in [-0.15, -0.1) is 0 Å². The Bertz CT molecular complexity index is 823. The molecule has 6 nitrogen and oxygen atoms in total. The van der Waals surface area contributed by atoms with Gasteiger partial charge in [0.15, 0.2) is 0 Å². The molecule has 2 heterocycles. The number of hydrogen-bond donors (Lipinski definition) is 2. The zero-order chi connectivity index (χ0) is 19.2. The third kappa shape index (κ3) is 4.57. The van der Waals surface area contributed by atoms with Crippen molar-refractivity contribution in [2.24, 2.45) is 5.92 Å². The van der Waals surface area contributed by atoms with E-state index in [9.17, 15) is 9.59 Å². The lowest BCUT2D eigenvalue weighted by atomic mass is 9.92. The number of H-pyrrole nitrogens is 1. The highest BCUT2D eigenvalue weighted by molar-refractivity contribution is 5.97. The van der Waals surface area contributed by atoms with Crippen molar-refractivity contribution in [1.29, 1.82) is 0 Å². The minimum Gasteiger partial charge on any atom is -0.379 e. The predicted molar refractivity (Wildman–Crippen MR) is 107 cm³/mol. The Labute approximate surface area is 159 Å². The van der Waals surface area contributed by atoms with Crippen LogP contribution in [0.5, 0.6) is 0 Å². The van der Waals surface area contributed by atoms with Gasteiger partial charge in [-0.1, -0.05) is 44.9 Å². The van der Waals surface area contributed by atoms with Gasteiger partial charge in [-0.05, 0) is 23.4 Å². The van der Waals surface area contributed by atoms with E-state index in [0.717, 1.165) is 50.0 Å². The summed E-state index contributed by atoms with van der Waals surface area (Å²) in [6, 6.07) is 9.41.